The highest BCUT2D eigenvalue weighted by Gasteiger charge is 2.22. The first kappa shape index (κ1) is 25.5. The van der Waals surface area contributed by atoms with E-state index in [4.69, 9.17) is 0 Å². The summed E-state index contributed by atoms with van der Waals surface area (Å²) in [7, 11) is 0. The summed E-state index contributed by atoms with van der Waals surface area (Å²) in [6.45, 7) is 4.67. The van der Waals surface area contributed by atoms with E-state index in [1.165, 1.54) is 114 Å². The maximum atomic E-state index is 2.44. The molecule has 2 fully saturated rings. The van der Waals surface area contributed by atoms with Gasteiger partial charge >= 0.3 is 0 Å². The van der Waals surface area contributed by atoms with Gasteiger partial charge in [-0.2, -0.15) is 0 Å². The number of aryl methyl sites for hydroxylation is 2. The van der Waals surface area contributed by atoms with Gasteiger partial charge in [-0.1, -0.05) is 88.1 Å². The zero-order chi connectivity index (χ0) is 23.6. The lowest BCUT2D eigenvalue weighted by molar-refractivity contribution is 0.308. The highest BCUT2D eigenvalue weighted by atomic mass is 14.3. The maximum Gasteiger partial charge on any atom is -0.0162 e. The van der Waals surface area contributed by atoms with Crippen molar-refractivity contribution < 1.29 is 0 Å². The molecule has 0 saturated heterocycles. The second-order valence-corrected chi connectivity index (χ2v) is 11.7. The first-order valence-corrected chi connectivity index (χ1v) is 14.9. The standard InChI is InChI=1S/C34H50/c1-3-7-27-11-19-31(20-12-27)33-23-15-29(16-24-33)9-5-6-10-30-17-25-34(26-18-30)32-21-13-28(8-4-2)14-22-32/h15-18,23-28,31-32H,3-14,19-22H2,1-2H3. The van der Waals surface area contributed by atoms with Crippen LogP contribution < -0.4 is 0 Å². The number of benzene rings is 2. The maximum absolute atomic E-state index is 2.44. The normalized spacial score (nSPS) is 25.4. The summed E-state index contributed by atoms with van der Waals surface area (Å²) in [5, 5.41) is 0. The van der Waals surface area contributed by atoms with Crippen molar-refractivity contribution in [1.82, 2.24) is 0 Å². The Morgan fingerprint density at radius 3 is 1.18 bits per heavy atom. The molecule has 4 rings (SSSR count). The zero-order valence-corrected chi connectivity index (χ0v) is 22.2. The van der Waals surface area contributed by atoms with Crippen molar-refractivity contribution in [3.05, 3.63) is 70.8 Å². The Bertz CT molecular complexity index is 727. The molecule has 0 aliphatic heterocycles. The average molecular weight is 459 g/mol. The molecule has 0 heteroatoms. The molecule has 0 nitrogen and oxygen atoms in total. The molecule has 2 aliphatic carbocycles. The molecule has 2 aromatic carbocycles. The minimum absolute atomic E-state index is 0.816. The average Bonchev–Trinajstić information content (AvgIpc) is 2.89. The molecule has 2 saturated carbocycles. The Kier molecular flexibility index (Phi) is 10.1. The van der Waals surface area contributed by atoms with E-state index in [0.29, 0.717) is 0 Å². The van der Waals surface area contributed by atoms with Gasteiger partial charge in [-0.25, -0.2) is 0 Å². The predicted molar refractivity (Wildman–Crippen MR) is 149 cm³/mol. The highest BCUT2D eigenvalue weighted by Crippen LogP contribution is 2.38. The van der Waals surface area contributed by atoms with E-state index in [2.05, 4.69) is 62.4 Å². The third kappa shape index (κ3) is 7.47. The first-order valence-electron chi connectivity index (χ1n) is 14.9. The fourth-order valence-corrected chi connectivity index (χ4v) is 6.96. The smallest absolute Gasteiger partial charge is 0.0162 e. The van der Waals surface area contributed by atoms with Gasteiger partial charge in [-0.15, -0.1) is 0 Å². The molecule has 186 valence electrons. The van der Waals surface area contributed by atoms with Crippen LogP contribution in [0.2, 0.25) is 0 Å². The van der Waals surface area contributed by atoms with Gasteiger partial charge in [0.25, 0.3) is 0 Å². The Morgan fingerprint density at radius 1 is 0.500 bits per heavy atom. The molecular weight excluding hydrogens is 408 g/mol. The number of hydrogen-bond acceptors (Lipinski definition) is 0. The topological polar surface area (TPSA) is 0 Å². The van der Waals surface area contributed by atoms with Crippen LogP contribution in [-0.2, 0) is 12.8 Å². The minimum Gasteiger partial charge on any atom is -0.0654 e. The van der Waals surface area contributed by atoms with Gasteiger partial charge in [0, 0.05) is 0 Å². The van der Waals surface area contributed by atoms with Crippen molar-refractivity contribution in [2.75, 3.05) is 0 Å². The Balaban J connectivity index is 1.14. The lowest BCUT2D eigenvalue weighted by Crippen LogP contribution is -2.13. The van der Waals surface area contributed by atoms with Crippen molar-refractivity contribution in [2.45, 2.75) is 128 Å². The van der Waals surface area contributed by atoms with Crippen LogP contribution in [0.5, 0.6) is 0 Å². The van der Waals surface area contributed by atoms with Crippen LogP contribution in [0.25, 0.3) is 0 Å². The summed E-state index contributed by atoms with van der Waals surface area (Å²) in [6, 6.07) is 19.4. The predicted octanol–water partition coefficient (Wildman–Crippen LogP) is 10.4. The fourth-order valence-electron chi connectivity index (χ4n) is 6.96. The fraction of sp³-hybridized carbons (Fsp3) is 0.647. The Morgan fingerprint density at radius 2 is 0.853 bits per heavy atom. The van der Waals surface area contributed by atoms with Crippen LogP contribution in [0.3, 0.4) is 0 Å². The molecule has 0 heterocycles. The molecule has 0 amide bonds. The number of rotatable bonds is 11. The van der Waals surface area contributed by atoms with E-state index in [1.54, 1.807) is 11.1 Å². The molecule has 0 aromatic heterocycles. The lowest BCUT2D eigenvalue weighted by Gasteiger charge is -2.28. The van der Waals surface area contributed by atoms with Gasteiger partial charge in [0.1, 0.15) is 0 Å². The third-order valence-electron chi connectivity index (χ3n) is 9.17. The minimum atomic E-state index is 0.816. The van der Waals surface area contributed by atoms with Crippen molar-refractivity contribution in [2.24, 2.45) is 11.8 Å². The van der Waals surface area contributed by atoms with Crippen LogP contribution in [0.15, 0.2) is 48.5 Å². The van der Waals surface area contributed by atoms with E-state index in [1.807, 2.05) is 0 Å². The van der Waals surface area contributed by atoms with Crippen LogP contribution in [0.1, 0.15) is 138 Å². The molecule has 0 atom stereocenters. The molecular formula is C34H50. The van der Waals surface area contributed by atoms with E-state index >= 15 is 0 Å². The van der Waals surface area contributed by atoms with Gasteiger partial charge in [0.15, 0.2) is 0 Å². The molecule has 34 heavy (non-hydrogen) atoms. The molecule has 0 spiro atoms. The van der Waals surface area contributed by atoms with Crippen LogP contribution >= 0.6 is 0 Å². The Labute approximate surface area is 211 Å². The van der Waals surface area contributed by atoms with Crippen molar-refractivity contribution in [3.63, 3.8) is 0 Å². The SMILES string of the molecule is CCCC1CCC(c2ccc(CCCCc3ccc(C4CCC(CCC)CC4)cc3)cc2)CC1. The monoisotopic (exact) mass is 458 g/mol. The van der Waals surface area contributed by atoms with Crippen molar-refractivity contribution in [1.29, 1.82) is 0 Å². The number of hydrogen-bond donors (Lipinski definition) is 0. The first-order chi connectivity index (χ1) is 16.7. The quantitative estimate of drug-likeness (QED) is 0.294. The zero-order valence-electron chi connectivity index (χ0n) is 22.2. The van der Waals surface area contributed by atoms with Gasteiger partial charge in [0.2, 0.25) is 0 Å². The molecule has 0 bridgehead atoms. The summed E-state index contributed by atoms with van der Waals surface area (Å²) >= 11 is 0. The molecule has 0 radical (unpaired) electrons. The summed E-state index contributed by atoms with van der Waals surface area (Å²) in [4.78, 5) is 0. The van der Waals surface area contributed by atoms with Gasteiger partial charge in [-0.3, -0.25) is 0 Å². The largest absolute Gasteiger partial charge is 0.0654 e. The second kappa shape index (κ2) is 13.5. The lowest BCUT2D eigenvalue weighted by atomic mass is 9.77. The molecule has 0 unspecified atom stereocenters. The summed E-state index contributed by atoms with van der Waals surface area (Å²) < 4.78 is 0. The van der Waals surface area contributed by atoms with E-state index in [-0.39, 0.29) is 0 Å². The van der Waals surface area contributed by atoms with Crippen molar-refractivity contribution >= 4 is 0 Å². The van der Waals surface area contributed by atoms with E-state index < -0.39 is 0 Å². The molecule has 2 aliphatic rings. The van der Waals surface area contributed by atoms with Crippen LogP contribution in [-0.4, -0.2) is 0 Å². The molecule has 2 aromatic rings. The summed E-state index contributed by atoms with van der Waals surface area (Å²) in [5.74, 6) is 3.64. The van der Waals surface area contributed by atoms with E-state index in [9.17, 15) is 0 Å². The van der Waals surface area contributed by atoms with Gasteiger partial charge in [0.05, 0.1) is 0 Å². The highest BCUT2D eigenvalue weighted by molar-refractivity contribution is 5.27. The van der Waals surface area contributed by atoms with E-state index in [0.717, 1.165) is 23.7 Å². The van der Waals surface area contributed by atoms with Gasteiger partial charge in [-0.05, 0) is 123 Å². The Hall–Kier alpha value is -1.56. The van der Waals surface area contributed by atoms with Crippen LogP contribution in [0.4, 0.5) is 0 Å². The molecule has 0 N–H and O–H groups in total. The van der Waals surface area contributed by atoms with Crippen molar-refractivity contribution in [3.8, 4) is 0 Å². The summed E-state index contributed by atoms with van der Waals surface area (Å²) in [6.07, 6.45) is 22.0. The second-order valence-electron chi connectivity index (χ2n) is 11.7. The van der Waals surface area contributed by atoms with Gasteiger partial charge < -0.3 is 0 Å². The third-order valence-corrected chi connectivity index (χ3v) is 9.17. The summed E-state index contributed by atoms with van der Waals surface area (Å²) in [5.41, 5.74) is 6.24. The number of unbranched alkanes of at least 4 members (excludes halogenated alkanes) is 1. The van der Waals surface area contributed by atoms with Crippen LogP contribution in [0, 0.1) is 11.8 Å².